The quantitative estimate of drug-likeness (QED) is 0.269. The average Bonchev–Trinajstić information content (AvgIpc) is 3.71. The van der Waals surface area contributed by atoms with Crippen molar-refractivity contribution >= 4 is 17.5 Å². The molecule has 0 unspecified atom stereocenters. The summed E-state index contributed by atoms with van der Waals surface area (Å²) in [6.45, 7) is 0.369. The van der Waals surface area contributed by atoms with Crippen molar-refractivity contribution in [2.75, 3.05) is 6.61 Å². The molecule has 5 rings (SSSR count). The lowest BCUT2D eigenvalue weighted by molar-refractivity contribution is -0.154. The van der Waals surface area contributed by atoms with Gasteiger partial charge in [-0.15, -0.1) is 0 Å². The summed E-state index contributed by atoms with van der Waals surface area (Å²) in [5.74, 6) is -3.91. The number of rotatable bonds is 11. The van der Waals surface area contributed by atoms with Gasteiger partial charge in [0.05, 0.1) is 30.2 Å². The molecule has 14 heteroatoms. The first-order valence-electron chi connectivity index (χ1n) is 14.4. The number of halogens is 5. The highest BCUT2D eigenvalue weighted by atomic mass is 19.4. The van der Waals surface area contributed by atoms with Gasteiger partial charge >= 0.3 is 6.18 Å². The summed E-state index contributed by atoms with van der Waals surface area (Å²) in [5.41, 5.74) is 1.68. The van der Waals surface area contributed by atoms with E-state index in [2.05, 4.69) is 25.5 Å². The minimum absolute atomic E-state index is 0.00224. The van der Waals surface area contributed by atoms with Crippen LogP contribution in [0.2, 0.25) is 0 Å². The number of fused-ring (bicyclic) bond motifs is 1. The van der Waals surface area contributed by atoms with Crippen LogP contribution in [0.15, 0.2) is 36.8 Å². The lowest BCUT2D eigenvalue weighted by Gasteiger charge is -2.33. The number of amides is 2. The number of nitrogens with zero attached hydrogens (tertiary/aromatic N) is 4. The van der Waals surface area contributed by atoms with Gasteiger partial charge in [-0.25, -0.2) is 23.3 Å². The molecule has 0 saturated heterocycles. The number of hydrogen-bond donors (Lipinski definition) is 2. The number of carbonyl (C=O) groups is 2. The Balaban J connectivity index is 1.40. The largest absolute Gasteiger partial charge is 0.468 e. The molecule has 3 aromatic heterocycles. The van der Waals surface area contributed by atoms with Gasteiger partial charge < -0.3 is 15.4 Å². The van der Waals surface area contributed by atoms with Crippen LogP contribution in [0.4, 0.5) is 22.0 Å². The molecular weight excluding hydrogens is 575 g/mol. The van der Waals surface area contributed by atoms with Crippen LogP contribution in [-0.4, -0.2) is 50.1 Å². The molecular formula is C29H33F5N6O3. The monoisotopic (exact) mass is 608 g/mol. The smallest absolute Gasteiger partial charge is 0.422 e. The summed E-state index contributed by atoms with van der Waals surface area (Å²) in [4.78, 5) is 34.1. The number of nitrogens with one attached hydrogen (secondary N) is 2. The molecule has 2 saturated carbocycles. The SMILES string of the molecule is CCCC(=O)N[C@@H](c1cnn2cc([C@@H](NC(=O)c3ccnc(OCC(F)(F)F)c3)C3CCC(F)(F)CC3)nc2c1)C1CC1. The molecule has 0 aromatic carbocycles. The molecule has 2 N–H and O–H groups in total. The number of hydrogen-bond acceptors (Lipinski definition) is 6. The van der Waals surface area contributed by atoms with Gasteiger partial charge in [0.2, 0.25) is 17.7 Å². The molecule has 0 spiro atoms. The van der Waals surface area contributed by atoms with Crippen LogP contribution >= 0.6 is 0 Å². The highest BCUT2D eigenvalue weighted by Gasteiger charge is 2.40. The van der Waals surface area contributed by atoms with Crippen molar-refractivity contribution in [1.82, 2.24) is 30.2 Å². The van der Waals surface area contributed by atoms with Crippen molar-refractivity contribution in [3.05, 3.63) is 53.6 Å². The first kappa shape index (κ1) is 30.6. The molecule has 2 amide bonds. The first-order valence-corrected chi connectivity index (χ1v) is 14.4. The lowest BCUT2D eigenvalue weighted by atomic mass is 9.81. The number of imidazole rings is 1. The zero-order valence-corrected chi connectivity index (χ0v) is 23.5. The predicted molar refractivity (Wildman–Crippen MR) is 144 cm³/mol. The molecule has 2 aliphatic carbocycles. The van der Waals surface area contributed by atoms with Gasteiger partial charge in [-0.3, -0.25) is 9.59 Å². The topological polar surface area (TPSA) is 111 Å². The lowest BCUT2D eigenvalue weighted by Crippen LogP contribution is -2.37. The third-order valence-corrected chi connectivity index (χ3v) is 7.83. The fraction of sp³-hybridized carbons (Fsp3) is 0.552. The molecule has 3 aromatic rings. The second-order valence-corrected chi connectivity index (χ2v) is 11.3. The Kier molecular flexibility index (Phi) is 8.84. The van der Waals surface area contributed by atoms with Crippen molar-refractivity contribution in [3.8, 4) is 5.88 Å². The van der Waals surface area contributed by atoms with Gasteiger partial charge in [-0.1, -0.05) is 6.92 Å². The summed E-state index contributed by atoms with van der Waals surface area (Å²) < 4.78 is 72.0. The molecule has 0 aliphatic heterocycles. The van der Waals surface area contributed by atoms with E-state index in [1.54, 1.807) is 12.4 Å². The molecule has 0 bridgehead atoms. The molecule has 2 fully saturated rings. The first-order chi connectivity index (χ1) is 20.4. The minimum Gasteiger partial charge on any atom is -0.468 e. The van der Waals surface area contributed by atoms with Crippen LogP contribution in [0.3, 0.4) is 0 Å². The third kappa shape index (κ3) is 7.96. The van der Waals surface area contributed by atoms with Gasteiger partial charge in [0.25, 0.3) is 5.91 Å². The molecule has 2 atom stereocenters. The van der Waals surface area contributed by atoms with E-state index in [1.165, 1.54) is 10.6 Å². The number of ether oxygens (including phenoxy) is 1. The Hall–Kier alpha value is -3.84. The molecule has 9 nitrogen and oxygen atoms in total. The second-order valence-electron chi connectivity index (χ2n) is 11.3. The maximum absolute atomic E-state index is 14.0. The van der Waals surface area contributed by atoms with E-state index in [0.717, 1.165) is 37.1 Å². The summed E-state index contributed by atoms with van der Waals surface area (Å²) in [7, 11) is 0. The summed E-state index contributed by atoms with van der Waals surface area (Å²) in [5, 5.41) is 10.4. The van der Waals surface area contributed by atoms with Gasteiger partial charge in [-0.05, 0) is 61.6 Å². The predicted octanol–water partition coefficient (Wildman–Crippen LogP) is 5.73. The standard InChI is InChI=1S/C29H33F5N6O3/c1-2-3-23(41)38-25(17-4-5-17)20-12-22-37-21(15-40(22)36-14-20)26(18-6-9-28(30,31)10-7-18)39-27(42)19-8-11-35-24(13-19)43-16-29(32,33)34/h8,11-15,17-18,25-26H,2-7,9-10,16H2,1H3,(H,38,41)(H,39,42)/t25-,26+/m1/s1. The van der Waals surface area contributed by atoms with E-state index in [0.29, 0.717) is 23.7 Å². The number of pyridine rings is 1. The van der Waals surface area contributed by atoms with Gasteiger partial charge in [0, 0.05) is 37.1 Å². The maximum atomic E-state index is 14.0. The maximum Gasteiger partial charge on any atom is 0.422 e. The zero-order chi connectivity index (χ0) is 30.8. The van der Waals surface area contributed by atoms with Crippen LogP contribution in [0.5, 0.6) is 5.88 Å². The molecule has 0 radical (unpaired) electrons. The van der Waals surface area contributed by atoms with Gasteiger partial charge in [-0.2, -0.15) is 18.3 Å². The second kappa shape index (κ2) is 12.4. The van der Waals surface area contributed by atoms with E-state index in [9.17, 15) is 31.5 Å². The molecule has 2 aliphatic rings. The number of carbonyl (C=O) groups excluding carboxylic acids is 2. The van der Waals surface area contributed by atoms with E-state index in [1.807, 2.05) is 13.0 Å². The van der Waals surface area contributed by atoms with E-state index < -0.39 is 30.7 Å². The number of aromatic nitrogens is 4. The third-order valence-electron chi connectivity index (χ3n) is 7.83. The normalized spacial score (nSPS) is 18.7. The molecule has 43 heavy (non-hydrogen) atoms. The minimum atomic E-state index is -4.58. The van der Waals surface area contributed by atoms with Crippen molar-refractivity contribution < 1.29 is 36.3 Å². The average molecular weight is 609 g/mol. The van der Waals surface area contributed by atoms with Crippen LogP contribution in [-0.2, 0) is 4.79 Å². The Labute approximate surface area is 244 Å². The molecule has 232 valence electrons. The van der Waals surface area contributed by atoms with Gasteiger partial charge in [0.15, 0.2) is 12.3 Å². The Bertz CT molecular complexity index is 1450. The van der Waals surface area contributed by atoms with E-state index in [-0.39, 0.29) is 55.0 Å². The van der Waals surface area contributed by atoms with Crippen molar-refractivity contribution in [2.24, 2.45) is 11.8 Å². The summed E-state index contributed by atoms with van der Waals surface area (Å²) >= 11 is 0. The van der Waals surface area contributed by atoms with Crippen LogP contribution in [0, 0.1) is 11.8 Å². The highest BCUT2D eigenvalue weighted by Crippen LogP contribution is 2.43. The number of alkyl halides is 5. The summed E-state index contributed by atoms with van der Waals surface area (Å²) in [6, 6.07) is 3.27. The van der Waals surface area contributed by atoms with Gasteiger partial charge in [0.1, 0.15) is 0 Å². The van der Waals surface area contributed by atoms with Crippen molar-refractivity contribution in [2.45, 2.75) is 82.5 Å². The van der Waals surface area contributed by atoms with Crippen LogP contribution in [0.1, 0.15) is 92.0 Å². The Morgan fingerprint density at radius 2 is 1.81 bits per heavy atom. The molecule has 3 heterocycles. The Morgan fingerprint density at radius 3 is 2.49 bits per heavy atom. The summed E-state index contributed by atoms with van der Waals surface area (Å²) in [6.07, 6.45) is 2.57. The van der Waals surface area contributed by atoms with Crippen LogP contribution in [0.25, 0.3) is 5.65 Å². The Morgan fingerprint density at radius 1 is 1.09 bits per heavy atom. The fourth-order valence-electron chi connectivity index (χ4n) is 5.44. The fourth-order valence-corrected chi connectivity index (χ4v) is 5.44. The van der Waals surface area contributed by atoms with E-state index >= 15 is 0 Å². The van der Waals surface area contributed by atoms with Crippen LogP contribution < -0.4 is 15.4 Å². The highest BCUT2D eigenvalue weighted by molar-refractivity contribution is 5.94. The zero-order valence-electron chi connectivity index (χ0n) is 23.5. The van der Waals surface area contributed by atoms with Crippen molar-refractivity contribution in [3.63, 3.8) is 0 Å². The van der Waals surface area contributed by atoms with Crippen molar-refractivity contribution in [1.29, 1.82) is 0 Å². The van der Waals surface area contributed by atoms with E-state index in [4.69, 9.17) is 4.98 Å².